The third-order valence-corrected chi connectivity index (χ3v) is 5.39. The zero-order valence-electron chi connectivity index (χ0n) is 17.7. The van der Waals surface area contributed by atoms with Crippen LogP contribution >= 0.6 is 0 Å². The first-order valence-electron chi connectivity index (χ1n) is 10.4. The molecule has 156 valence electrons. The average Bonchev–Trinajstić information content (AvgIpc) is 2.73. The molecular weight excluding hydrogens is 365 g/mol. The standard InChI is InChI=1S/C23H32FN5/c1-4-25-22(27-17-23(2,3)18-8-7-9-19(24)16-18)28-20-11-14-29(15-12-20)21-10-5-6-13-26-21/h5-10,13,16,20H,4,11-12,14-15,17H2,1-3H3,(H2,25,27,28). The van der Waals surface area contributed by atoms with Gasteiger partial charge in [-0.3, -0.25) is 4.99 Å². The molecule has 0 unspecified atom stereocenters. The molecule has 0 amide bonds. The molecule has 0 atom stereocenters. The number of anilines is 1. The van der Waals surface area contributed by atoms with Crippen LogP contribution in [0.3, 0.4) is 0 Å². The van der Waals surface area contributed by atoms with E-state index in [4.69, 9.17) is 4.99 Å². The minimum atomic E-state index is -0.243. The average molecular weight is 398 g/mol. The number of rotatable bonds is 6. The Labute approximate surface area is 173 Å². The molecule has 3 rings (SSSR count). The highest BCUT2D eigenvalue weighted by molar-refractivity contribution is 5.80. The third-order valence-electron chi connectivity index (χ3n) is 5.39. The monoisotopic (exact) mass is 397 g/mol. The van der Waals surface area contributed by atoms with Gasteiger partial charge in [0.15, 0.2) is 5.96 Å². The largest absolute Gasteiger partial charge is 0.357 e. The SMILES string of the molecule is CCNC(=NCC(C)(C)c1cccc(F)c1)NC1CCN(c2ccccn2)CC1. The van der Waals surface area contributed by atoms with E-state index in [-0.39, 0.29) is 11.2 Å². The number of halogens is 1. The molecule has 0 bridgehead atoms. The van der Waals surface area contributed by atoms with Crippen LogP contribution in [0.25, 0.3) is 0 Å². The van der Waals surface area contributed by atoms with Crippen molar-refractivity contribution in [1.29, 1.82) is 0 Å². The number of aromatic nitrogens is 1. The van der Waals surface area contributed by atoms with Gasteiger partial charge < -0.3 is 15.5 Å². The Kier molecular flexibility index (Phi) is 7.07. The Bertz CT molecular complexity index is 798. The van der Waals surface area contributed by atoms with Crippen LogP contribution in [-0.2, 0) is 5.41 Å². The van der Waals surface area contributed by atoms with Gasteiger partial charge >= 0.3 is 0 Å². The topological polar surface area (TPSA) is 52.6 Å². The van der Waals surface area contributed by atoms with Gasteiger partial charge in [-0.1, -0.05) is 32.0 Å². The number of hydrogen-bond acceptors (Lipinski definition) is 3. The molecule has 2 N–H and O–H groups in total. The van der Waals surface area contributed by atoms with Crippen LogP contribution in [0.4, 0.5) is 10.2 Å². The van der Waals surface area contributed by atoms with Crippen molar-refractivity contribution in [3.8, 4) is 0 Å². The predicted octanol–water partition coefficient (Wildman–Crippen LogP) is 3.72. The Morgan fingerprint density at radius 3 is 2.66 bits per heavy atom. The molecule has 0 spiro atoms. The minimum absolute atomic E-state index is 0.204. The number of piperidine rings is 1. The second-order valence-corrected chi connectivity index (χ2v) is 8.18. The first-order chi connectivity index (χ1) is 14.0. The maximum atomic E-state index is 13.6. The summed E-state index contributed by atoms with van der Waals surface area (Å²) in [6, 6.07) is 13.2. The van der Waals surface area contributed by atoms with Crippen LogP contribution in [0, 0.1) is 5.82 Å². The van der Waals surface area contributed by atoms with E-state index in [2.05, 4.69) is 47.4 Å². The van der Waals surface area contributed by atoms with Crippen molar-refractivity contribution < 1.29 is 4.39 Å². The van der Waals surface area contributed by atoms with Crippen molar-refractivity contribution in [2.45, 2.75) is 45.1 Å². The summed E-state index contributed by atoms with van der Waals surface area (Å²) in [5.74, 6) is 1.67. The van der Waals surface area contributed by atoms with Crippen molar-refractivity contribution in [1.82, 2.24) is 15.6 Å². The highest BCUT2D eigenvalue weighted by Crippen LogP contribution is 2.24. The van der Waals surface area contributed by atoms with Crippen molar-refractivity contribution in [2.75, 3.05) is 31.1 Å². The molecule has 29 heavy (non-hydrogen) atoms. The first kappa shape index (κ1) is 21.1. The summed E-state index contributed by atoms with van der Waals surface area (Å²) in [6.07, 6.45) is 3.92. The number of nitrogens with one attached hydrogen (secondary N) is 2. The lowest BCUT2D eigenvalue weighted by Gasteiger charge is -2.34. The van der Waals surface area contributed by atoms with Crippen LogP contribution in [0.5, 0.6) is 0 Å². The van der Waals surface area contributed by atoms with Crippen LogP contribution in [-0.4, -0.2) is 43.2 Å². The van der Waals surface area contributed by atoms with Crippen molar-refractivity contribution in [2.24, 2.45) is 4.99 Å². The molecule has 1 aromatic carbocycles. The number of pyridine rings is 1. The summed E-state index contributed by atoms with van der Waals surface area (Å²) >= 11 is 0. The molecule has 6 heteroatoms. The molecule has 5 nitrogen and oxygen atoms in total. The summed E-state index contributed by atoms with van der Waals surface area (Å²) in [5.41, 5.74) is 0.716. The zero-order valence-corrected chi connectivity index (χ0v) is 17.7. The second-order valence-electron chi connectivity index (χ2n) is 8.18. The van der Waals surface area contributed by atoms with E-state index in [1.165, 1.54) is 6.07 Å². The number of benzene rings is 1. The van der Waals surface area contributed by atoms with Gasteiger partial charge in [-0.2, -0.15) is 0 Å². The predicted molar refractivity (Wildman–Crippen MR) is 118 cm³/mol. The van der Waals surface area contributed by atoms with Gasteiger partial charge in [-0.15, -0.1) is 0 Å². The Hall–Kier alpha value is -2.63. The summed E-state index contributed by atoms with van der Waals surface area (Å²) in [7, 11) is 0. The molecule has 1 saturated heterocycles. The summed E-state index contributed by atoms with van der Waals surface area (Å²) in [4.78, 5) is 11.6. The maximum absolute atomic E-state index is 13.6. The number of nitrogens with zero attached hydrogens (tertiary/aromatic N) is 3. The Morgan fingerprint density at radius 1 is 1.21 bits per heavy atom. The fourth-order valence-electron chi connectivity index (χ4n) is 3.58. The van der Waals surface area contributed by atoms with E-state index in [1.807, 2.05) is 24.4 Å². The number of guanidine groups is 1. The quantitative estimate of drug-likeness (QED) is 0.576. The lowest BCUT2D eigenvalue weighted by Crippen LogP contribution is -2.49. The molecule has 2 aromatic rings. The highest BCUT2D eigenvalue weighted by atomic mass is 19.1. The van der Waals surface area contributed by atoms with Crippen LogP contribution in [0.2, 0.25) is 0 Å². The smallest absolute Gasteiger partial charge is 0.191 e. The summed E-state index contributed by atoms with van der Waals surface area (Å²) < 4.78 is 13.6. The molecule has 1 fully saturated rings. The van der Waals surface area contributed by atoms with Crippen LogP contribution < -0.4 is 15.5 Å². The Balaban J connectivity index is 1.58. The molecule has 0 radical (unpaired) electrons. The van der Waals surface area contributed by atoms with Gasteiger partial charge in [0.1, 0.15) is 11.6 Å². The lowest BCUT2D eigenvalue weighted by molar-refractivity contribution is 0.457. The minimum Gasteiger partial charge on any atom is -0.357 e. The van der Waals surface area contributed by atoms with E-state index in [0.717, 1.165) is 49.8 Å². The molecule has 0 saturated carbocycles. The first-order valence-corrected chi connectivity index (χ1v) is 10.4. The van der Waals surface area contributed by atoms with Gasteiger partial charge in [0.25, 0.3) is 0 Å². The lowest BCUT2D eigenvalue weighted by atomic mass is 9.85. The van der Waals surface area contributed by atoms with E-state index in [9.17, 15) is 4.39 Å². The van der Waals surface area contributed by atoms with E-state index in [1.54, 1.807) is 12.1 Å². The van der Waals surface area contributed by atoms with Gasteiger partial charge in [0.2, 0.25) is 0 Å². The van der Waals surface area contributed by atoms with Gasteiger partial charge in [-0.05, 0) is 49.6 Å². The summed E-state index contributed by atoms with van der Waals surface area (Å²) in [6.45, 7) is 9.60. The van der Waals surface area contributed by atoms with E-state index >= 15 is 0 Å². The van der Waals surface area contributed by atoms with Crippen molar-refractivity contribution in [3.05, 3.63) is 60.0 Å². The molecule has 2 heterocycles. The molecule has 0 aliphatic carbocycles. The molecule has 1 aliphatic rings. The fourth-order valence-corrected chi connectivity index (χ4v) is 3.58. The highest BCUT2D eigenvalue weighted by Gasteiger charge is 2.23. The van der Waals surface area contributed by atoms with Crippen molar-refractivity contribution >= 4 is 11.8 Å². The van der Waals surface area contributed by atoms with Gasteiger partial charge in [-0.25, -0.2) is 9.37 Å². The van der Waals surface area contributed by atoms with E-state index in [0.29, 0.717) is 12.6 Å². The Morgan fingerprint density at radius 2 is 2.00 bits per heavy atom. The maximum Gasteiger partial charge on any atom is 0.191 e. The molecule has 1 aromatic heterocycles. The number of aliphatic imine (C=N–C) groups is 1. The van der Waals surface area contributed by atoms with Crippen molar-refractivity contribution in [3.63, 3.8) is 0 Å². The van der Waals surface area contributed by atoms with Gasteiger partial charge in [0, 0.05) is 37.3 Å². The van der Waals surface area contributed by atoms with Crippen LogP contribution in [0.1, 0.15) is 39.2 Å². The number of hydrogen-bond donors (Lipinski definition) is 2. The molecular formula is C23H32FN5. The van der Waals surface area contributed by atoms with Gasteiger partial charge in [0.05, 0.1) is 6.54 Å². The third kappa shape index (κ3) is 5.92. The second kappa shape index (κ2) is 9.72. The normalized spacial score (nSPS) is 16.0. The summed E-state index contributed by atoms with van der Waals surface area (Å²) in [5, 5.41) is 6.93. The fraction of sp³-hybridized carbons (Fsp3) is 0.478. The zero-order chi connectivity index (χ0) is 20.7. The molecule has 1 aliphatic heterocycles. The van der Waals surface area contributed by atoms with E-state index < -0.39 is 0 Å². The van der Waals surface area contributed by atoms with Crippen LogP contribution in [0.15, 0.2) is 53.7 Å².